The fraction of sp³-hybridized carbons (Fsp3) is 0.526. The van der Waals surface area contributed by atoms with Gasteiger partial charge in [0.05, 0.1) is 5.25 Å². The van der Waals surface area contributed by atoms with Crippen LogP contribution in [0.5, 0.6) is 0 Å². The van der Waals surface area contributed by atoms with Crippen LogP contribution in [-0.2, 0) is 10.2 Å². The number of nitrogen functional groups attached to an aromatic ring is 1. The molecule has 0 aliphatic carbocycles. The number of benzene rings is 1. The van der Waals surface area contributed by atoms with Crippen molar-refractivity contribution in [2.24, 2.45) is 0 Å². The molecular formula is C19H27N5OS. The first-order valence-electron chi connectivity index (χ1n) is 9.04. The molecule has 1 amide bonds. The van der Waals surface area contributed by atoms with Gasteiger partial charge in [0.2, 0.25) is 11.1 Å². The van der Waals surface area contributed by atoms with Crippen LogP contribution in [0.4, 0.5) is 0 Å². The van der Waals surface area contributed by atoms with Crippen LogP contribution in [0.1, 0.15) is 46.1 Å². The fourth-order valence-corrected chi connectivity index (χ4v) is 3.93. The van der Waals surface area contributed by atoms with Crippen LogP contribution in [0, 0.1) is 0 Å². The van der Waals surface area contributed by atoms with E-state index in [0.717, 1.165) is 31.5 Å². The smallest absolute Gasteiger partial charge is 0.235 e. The van der Waals surface area contributed by atoms with E-state index in [2.05, 4.69) is 43.1 Å². The quantitative estimate of drug-likeness (QED) is 0.658. The molecule has 1 saturated heterocycles. The van der Waals surface area contributed by atoms with Crippen molar-refractivity contribution in [2.45, 2.75) is 56.4 Å². The number of nitrogens with two attached hydrogens (primary N) is 1. The maximum Gasteiger partial charge on any atom is 0.235 e. The molecular weight excluding hydrogens is 346 g/mol. The lowest BCUT2D eigenvalue weighted by Crippen LogP contribution is -2.34. The third kappa shape index (κ3) is 3.87. The van der Waals surface area contributed by atoms with Gasteiger partial charge in [-0.25, -0.2) is 4.68 Å². The topological polar surface area (TPSA) is 77.0 Å². The van der Waals surface area contributed by atoms with Gasteiger partial charge in [-0.1, -0.05) is 56.8 Å². The maximum absolute atomic E-state index is 12.5. The summed E-state index contributed by atoms with van der Waals surface area (Å²) in [5.74, 6) is 6.96. The Morgan fingerprint density at radius 1 is 1.15 bits per heavy atom. The summed E-state index contributed by atoms with van der Waals surface area (Å²) in [7, 11) is 0. The summed E-state index contributed by atoms with van der Waals surface area (Å²) in [6.45, 7) is 10.1. The second-order valence-electron chi connectivity index (χ2n) is 7.80. The third-order valence-corrected chi connectivity index (χ3v) is 5.77. The van der Waals surface area contributed by atoms with Crippen LogP contribution in [0.25, 0.3) is 11.4 Å². The second kappa shape index (κ2) is 7.31. The summed E-state index contributed by atoms with van der Waals surface area (Å²) in [5.41, 5.74) is 2.27. The highest BCUT2D eigenvalue weighted by molar-refractivity contribution is 8.00. The molecule has 0 radical (unpaired) electrons. The molecule has 7 heteroatoms. The highest BCUT2D eigenvalue weighted by Crippen LogP contribution is 2.28. The molecule has 0 bridgehead atoms. The predicted octanol–water partition coefficient (Wildman–Crippen LogP) is 3.06. The van der Waals surface area contributed by atoms with Crippen molar-refractivity contribution in [1.82, 2.24) is 19.8 Å². The highest BCUT2D eigenvalue weighted by Gasteiger charge is 2.26. The van der Waals surface area contributed by atoms with Crippen molar-refractivity contribution >= 4 is 17.7 Å². The summed E-state index contributed by atoms with van der Waals surface area (Å²) in [5, 5.41) is 8.75. The van der Waals surface area contributed by atoms with Gasteiger partial charge in [0.1, 0.15) is 0 Å². The van der Waals surface area contributed by atoms with Crippen molar-refractivity contribution in [1.29, 1.82) is 0 Å². The lowest BCUT2D eigenvalue weighted by Gasteiger charge is -2.19. The first-order chi connectivity index (χ1) is 12.3. The van der Waals surface area contributed by atoms with Gasteiger partial charge in [-0.3, -0.25) is 4.79 Å². The van der Waals surface area contributed by atoms with Gasteiger partial charge in [0.25, 0.3) is 0 Å². The molecule has 0 unspecified atom stereocenters. The molecule has 0 saturated carbocycles. The number of hydrogen-bond acceptors (Lipinski definition) is 5. The average molecular weight is 374 g/mol. The molecule has 26 heavy (non-hydrogen) atoms. The Kier molecular flexibility index (Phi) is 5.27. The Balaban J connectivity index is 1.74. The molecule has 2 heterocycles. The molecule has 3 rings (SSSR count). The molecule has 2 aromatic rings. The van der Waals surface area contributed by atoms with Gasteiger partial charge in [-0.05, 0) is 30.7 Å². The fourth-order valence-electron chi connectivity index (χ4n) is 3.08. The summed E-state index contributed by atoms with van der Waals surface area (Å²) in [6.07, 6.45) is 2.18. The van der Waals surface area contributed by atoms with Crippen molar-refractivity contribution in [3.05, 3.63) is 29.8 Å². The SMILES string of the molecule is C[C@H](Sc1nnc(-c2ccc(C(C)(C)C)cc2)n1N)C(=O)N1CCCC1. The zero-order valence-corrected chi connectivity index (χ0v) is 16.7. The number of carbonyl (C=O) groups is 1. The number of amides is 1. The number of aromatic nitrogens is 3. The zero-order chi connectivity index (χ0) is 18.9. The molecule has 1 aliphatic rings. The van der Waals surface area contributed by atoms with Gasteiger partial charge in [-0.15, -0.1) is 10.2 Å². The van der Waals surface area contributed by atoms with E-state index in [1.807, 2.05) is 24.0 Å². The summed E-state index contributed by atoms with van der Waals surface area (Å²) in [4.78, 5) is 14.4. The summed E-state index contributed by atoms with van der Waals surface area (Å²) >= 11 is 1.36. The number of likely N-dealkylation sites (tertiary alicyclic amines) is 1. The molecule has 2 N–H and O–H groups in total. The average Bonchev–Trinajstić information content (AvgIpc) is 3.24. The lowest BCUT2D eigenvalue weighted by atomic mass is 9.87. The Labute approximate surface area is 159 Å². The van der Waals surface area contributed by atoms with E-state index in [1.54, 1.807) is 0 Å². The van der Waals surface area contributed by atoms with E-state index in [9.17, 15) is 4.79 Å². The predicted molar refractivity (Wildman–Crippen MR) is 105 cm³/mol. The Morgan fingerprint density at radius 2 is 1.77 bits per heavy atom. The number of thioether (sulfide) groups is 1. The van der Waals surface area contributed by atoms with Crippen molar-refractivity contribution in [3.8, 4) is 11.4 Å². The summed E-state index contributed by atoms with van der Waals surface area (Å²) < 4.78 is 1.48. The van der Waals surface area contributed by atoms with Crippen LogP contribution in [0.2, 0.25) is 0 Å². The molecule has 1 aromatic carbocycles. The van der Waals surface area contributed by atoms with Crippen LogP contribution in [-0.4, -0.2) is 44.0 Å². The first kappa shape index (κ1) is 18.8. The van der Waals surface area contributed by atoms with Crippen LogP contribution >= 0.6 is 11.8 Å². The standard InChI is InChI=1S/C19H27N5OS/c1-13(17(25)23-11-5-6-12-23)26-18-22-21-16(24(18)20)14-7-9-15(10-8-14)19(2,3)4/h7-10,13H,5-6,11-12,20H2,1-4H3/t13-/m0/s1. The van der Waals surface area contributed by atoms with E-state index in [-0.39, 0.29) is 16.6 Å². The minimum absolute atomic E-state index is 0.0985. The van der Waals surface area contributed by atoms with E-state index < -0.39 is 0 Å². The first-order valence-corrected chi connectivity index (χ1v) is 9.92. The number of nitrogens with zero attached hydrogens (tertiary/aromatic N) is 4. The Morgan fingerprint density at radius 3 is 2.35 bits per heavy atom. The largest absolute Gasteiger partial charge is 0.342 e. The van der Waals surface area contributed by atoms with E-state index in [1.165, 1.54) is 22.0 Å². The van der Waals surface area contributed by atoms with Crippen molar-refractivity contribution in [2.75, 3.05) is 18.9 Å². The Hall–Kier alpha value is -2.02. The molecule has 6 nitrogen and oxygen atoms in total. The molecule has 1 aromatic heterocycles. The van der Waals surface area contributed by atoms with Gasteiger partial charge in [0.15, 0.2) is 5.82 Å². The van der Waals surface area contributed by atoms with Crippen LogP contribution in [0.3, 0.4) is 0 Å². The summed E-state index contributed by atoms with van der Waals surface area (Å²) in [6, 6.07) is 8.22. The molecule has 1 aliphatic heterocycles. The van der Waals surface area contributed by atoms with Crippen molar-refractivity contribution in [3.63, 3.8) is 0 Å². The molecule has 1 fully saturated rings. The minimum Gasteiger partial charge on any atom is -0.342 e. The zero-order valence-electron chi connectivity index (χ0n) is 15.9. The van der Waals surface area contributed by atoms with E-state index in [4.69, 9.17) is 5.84 Å². The highest BCUT2D eigenvalue weighted by atomic mass is 32.2. The third-order valence-electron chi connectivity index (χ3n) is 4.72. The lowest BCUT2D eigenvalue weighted by molar-refractivity contribution is -0.129. The van der Waals surface area contributed by atoms with Gasteiger partial charge < -0.3 is 10.7 Å². The molecule has 1 atom stereocenters. The van der Waals surface area contributed by atoms with Gasteiger partial charge in [-0.2, -0.15) is 0 Å². The minimum atomic E-state index is -0.226. The van der Waals surface area contributed by atoms with Crippen LogP contribution in [0.15, 0.2) is 29.4 Å². The molecule has 140 valence electrons. The van der Waals surface area contributed by atoms with E-state index in [0.29, 0.717) is 11.0 Å². The number of carbonyl (C=O) groups excluding carboxylic acids is 1. The maximum atomic E-state index is 12.5. The molecule has 0 spiro atoms. The van der Waals surface area contributed by atoms with E-state index >= 15 is 0 Å². The number of hydrogen-bond donors (Lipinski definition) is 1. The normalized spacial score (nSPS) is 16.1. The van der Waals surface area contributed by atoms with Crippen molar-refractivity contribution < 1.29 is 4.79 Å². The number of rotatable bonds is 4. The van der Waals surface area contributed by atoms with Gasteiger partial charge >= 0.3 is 0 Å². The monoisotopic (exact) mass is 373 g/mol. The van der Waals surface area contributed by atoms with Gasteiger partial charge in [0, 0.05) is 18.7 Å². The Bertz CT molecular complexity index is 772. The van der Waals surface area contributed by atoms with Crippen LogP contribution < -0.4 is 5.84 Å². The second-order valence-corrected chi connectivity index (χ2v) is 9.10.